The molecular weight excluding hydrogens is 284 g/mol. The predicted molar refractivity (Wildman–Crippen MR) is 70.4 cm³/mol. The molecule has 0 amide bonds. The summed E-state index contributed by atoms with van der Waals surface area (Å²) >= 11 is 3.42. The largest absolute Gasteiger partial charge is 0.496 e. The molecule has 1 N–H and O–H groups in total. The van der Waals surface area contributed by atoms with Crippen LogP contribution in [0, 0.1) is 11.8 Å². The van der Waals surface area contributed by atoms with E-state index in [0.717, 1.165) is 22.2 Å². The number of rotatable bonds is 5. The van der Waals surface area contributed by atoms with Gasteiger partial charge in [-0.25, -0.2) is 0 Å². The van der Waals surface area contributed by atoms with Crippen molar-refractivity contribution in [3.05, 3.63) is 28.2 Å². The van der Waals surface area contributed by atoms with Gasteiger partial charge in [0.05, 0.1) is 17.5 Å². The van der Waals surface area contributed by atoms with Crippen LogP contribution in [0.2, 0.25) is 0 Å². The topological polar surface area (TPSA) is 46.5 Å². The lowest BCUT2D eigenvalue weighted by Crippen LogP contribution is -2.19. The molecule has 0 aliphatic carbocycles. The summed E-state index contributed by atoms with van der Waals surface area (Å²) in [6, 6.07) is 5.83. The Hall–Kier alpha value is -1.03. The van der Waals surface area contributed by atoms with Gasteiger partial charge in [0.1, 0.15) is 5.75 Å². The van der Waals surface area contributed by atoms with E-state index in [0.29, 0.717) is 0 Å². The van der Waals surface area contributed by atoms with Crippen molar-refractivity contribution >= 4 is 21.9 Å². The lowest BCUT2D eigenvalue weighted by atomic mass is 9.90. The quantitative estimate of drug-likeness (QED) is 0.907. The third-order valence-electron chi connectivity index (χ3n) is 3.02. The van der Waals surface area contributed by atoms with E-state index in [4.69, 9.17) is 9.84 Å². The second-order valence-electron chi connectivity index (χ2n) is 4.28. The van der Waals surface area contributed by atoms with Gasteiger partial charge in [-0.3, -0.25) is 4.79 Å². The van der Waals surface area contributed by atoms with Crippen molar-refractivity contribution in [1.29, 1.82) is 0 Å². The molecule has 0 spiro atoms. The molecule has 2 atom stereocenters. The molecule has 0 fully saturated rings. The molecule has 94 valence electrons. The van der Waals surface area contributed by atoms with Crippen LogP contribution in [0.5, 0.6) is 5.75 Å². The van der Waals surface area contributed by atoms with Crippen LogP contribution >= 0.6 is 15.9 Å². The molecule has 0 heterocycles. The van der Waals surface area contributed by atoms with Crippen molar-refractivity contribution in [2.75, 3.05) is 7.11 Å². The minimum absolute atomic E-state index is 0.104. The van der Waals surface area contributed by atoms with Gasteiger partial charge in [0.2, 0.25) is 0 Å². The summed E-state index contributed by atoms with van der Waals surface area (Å²) in [7, 11) is 1.62. The molecule has 0 radical (unpaired) electrons. The van der Waals surface area contributed by atoms with Crippen LogP contribution < -0.4 is 4.74 Å². The highest BCUT2D eigenvalue weighted by Crippen LogP contribution is 2.27. The number of carboxylic acids is 1. The monoisotopic (exact) mass is 300 g/mol. The van der Waals surface area contributed by atoms with Gasteiger partial charge < -0.3 is 9.84 Å². The van der Waals surface area contributed by atoms with Crippen molar-refractivity contribution in [3.63, 3.8) is 0 Å². The van der Waals surface area contributed by atoms with E-state index in [9.17, 15) is 4.79 Å². The molecule has 1 rings (SSSR count). The minimum atomic E-state index is -0.745. The van der Waals surface area contributed by atoms with Gasteiger partial charge in [-0.05, 0) is 46.0 Å². The van der Waals surface area contributed by atoms with E-state index in [1.807, 2.05) is 25.1 Å². The summed E-state index contributed by atoms with van der Waals surface area (Å²) in [4.78, 5) is 10.9. The van der Waals surface area contributed by atoms with Crippen molar-refractivity contribution < 1.29 is 14.6 Å². The van der Waals surface area contributed by atoms with Gasteiger partial charge in [-0.15, -0.1) is 0 Å². The number of hydrogen-bond donors (Lipinski definition) is 1. The zero-order valence-corrected chi connectivity index (χ0v) is 11.8. The second-order valence-corrected chi connectivity index (χ2v) is 5.13. The van der Waals surface area contributed by atoms with E-state index in [1.165, 1.54) is 0 Å². The van der Waals surface area contributed by atoms with E-state index in [-0.39, 0.29) is 11.8 Å². The van der Waals surface area contributed by atoms with Gasteiger partial charge in [0.15, 0.2) is 0 Å². The average molecular weight is 301 g/mol. The summed E-state index contributed by atoms with van der Waals surface area (Å²) in [5.41, 5.74) is 1.11. The summed E-state index contributed by atoms with van der Waals surface area (Å²) in [5.74, 6) is -0.193. The van der Waals surface area contributed by atoms with Crippen LogP contribution in [0.1, 0.15) is 19.4 Å². The van der Waals surface area contributed by atoms with Crippen molar-refractivity contribution in [2.24, 2.45) is 11.8 Å². The molecule has 3 nitrogen and oxygen atoms in total. The Balaban J connectivity index is 2.75. The van der Waals surface area contributed by atoms with E-state index in [1.54, 1.807) is 14.0 Å². The fourth-order valence-corrected chi connectivity index (χ4v) is 2.22. The zero-order chi connectivity index (χ0) is 13.0. The molecule has 2 unspecified atom stereocenters. The third kappa shape index (κ3) is 3.73. The van der Waals surface area contributed by atoms with Gasteiger partial charge in [-0.2, -0.15) is 0 Å². The van der Waals surface area contributed by atoms with E-state index in [2.05, 4.69) is 15.9 Å². The molecular formula is C13H17BrO3. The lowest BCUT2D eigenvalue weighted by molar-refractivity contribution is -0.142. The first-order chi connectivity index (χ1) is 7.95. The Morgan fingerprint density at radius 2 is 2.12 bits per heavy atom. The van der Waals surface area contributed by atoms with Gasteiger partial charge in [-0.1, -0.05) is 19.9 Å². The third-order valence-corrected chi connectivity index (χ3v) is 3.64. The molecule has 4 heteroatoms. The van der Waals surface area contributed by atoms with E-state index >= 15 is 0 Å². The second kappa shape index (κ2) is 6.05. The first-order valence-electron chi connectivity index (χ1n) is 5.51. The predicted octanol–water partition coefficient (Wildman–Crippen LogP) is 3.36. The van der Waals surface area contributed by atoms with Crippen LogP contribution in [-0.2, 0) is 11.2 Å². The smallest absolute Gasteiger partial charge is 0.306 e. The summed E-state index contributed by atoms with van der Waals surface area (Å²) in [6.45, 7) is 3.70. The Labute approximate surface area is 110 Å². The first kappa shape index (κ1) is 14.0. The molecule has 17 heavy (non-hydrogen) atoms. The van der Waals surface area contributed by atoms with Crippen LogP contribution in [0.25, 0.3) is 0 Å². The van der Waals surface area contributed by atoms with Crippen molar-refractivity contribution in [1.82, 2.24) is 0 Å². The number of carbonyl (C=O) groups is 1. The Bertz CT molecular complexity index is 404. The number of hydrogen-bond acceptors (Lipinski definition) is 2. The Kier molecular flexibility index (Phi) is 5.00. The molecule has 0 saturated heterocycles. The maximum absolute atomic E-state index is 10.9. The van der Waals surface area contributed by atoms with E-state index < -0.39 is 5.97 Å². The van der Waals surface area contributed by atoms with Crippen molar-refractivity contribution in [2.45, 2.75) is 20.3 Å². The van der Waals surface area contributed by atoms with Crippen LogP contribution in [-0.4, -0.2) is 18.2 Å². The number of ether oxygens (including phenoxy) is 1. The standard InChI is InChI=1S/C13H17BrO3/c1-8(9(2)13(15)16)6-10-4-5-12(17-3)11(14)7-10/h4-5,7-9H,6H2,1-3H3,(H,15,16). The maximum Gasteiger partial charge on any atom is 0.306 e. The molecule has 1 aromatic rings. The van der Waals surface area contributed by atoms with Crippen molar-refractivity contribution in [3.8, 4) is 5.75 Å². The molecule has 0 aliphatic heterocycles. The number of carboxylic acid groups (broad SMARTS) is 1. The van der Waals surface area contributed by atoms with Crippen LogP contribution in [0.4, 0.5) is 0 Å². The maximum atomic E-state index is 10.9. The highest BCUT2D eigenvalue weighted by molar-refractivity contribution is 9.10. The fourth-order valence-electron chi connectivity index (χ4n) is 1.63. The van der Waals surface area contributed by atoms with Gasteiger partial charge >= 0.3 is 5.97 Å². The number of benzene rings is 1. The lowest BCUT2D eigenvalue weighted by Gasteiger charge is -2.16. The zero-order valence-electron chi connectivity index (χ0n) is 10.2. The Morgan fingerprint density at radius 3 is 2.59 bits per heavy atom. The molecule has 1 aromatic carbocycles. The van der Waals surface area contributed by atoms with Crippen LogP contribution in [0.15, 0.2) is 22.7 Å². The first-order valence-corrected chi connectivity index (χ1v) is 6.30. The minimum Gasteiger partial charge on any atom is -0.496 e. The summed E-state index contributed by atoms with van der Waals surface area (Å²) in [6.07, 6.45) is 0.746. The van der Waals surface area contributed by atoms with Gasteiger partial charge in [0, 0.05) is 0 Å². The highest BCUT2D eigenvalue weighted by Gasteiger charge is 2.19. The van der Waals surface area contributed by atoms with Gasteiger partial charge in [0.25, 0.3) is 0 Å². The fraction of sp³-hybridized carbons (Fsp3) is 0.462. The average Bonchev–Trinajstić information content (AvgIpc) is 2.28. The summed E-state index contributed by atoms with van der Waals surface area (Å²) in [5, 5.41) is 8.94. The molecule has 0 aliphatic rings. The SMILES string of the molecule is COc1ccc(CC(C)C(C)C(=O)O)cc1Br. The highest BCUT2D eigenvalue weighted by atomic mass is 79.9. The van der Waals surface area contributed by atoms with Crippen LogP contribution in [0.3, 0.4) is 0 Å². The molecule has 0 aromatic heterocycles. The number of aliphatic carboxylic acids is 1. The molecule has 0 saturated carbocycles. The summed E-state index contributed by atoms with van der Waals surface area (Å²) < 4.78 is 6.05. The number of methoxy groups -OCH3 is 1. The molecule has 0 bridgehead atoms. The normalized spacial score (nSPS) is 14.1. The number of halogens is 1. The Morgan fingerprint density at radius 1 is 1.47 bits per heavy atom.